The molecule has 1 aromatic heterocycles. The number of piperidine rings is 1. The normalized spacial score (nSPS) is 17.2. The van der Waals surface area contributed by atoms with E-state index < -0.39 is 6.10 Å². The molecule has 7 nitrogen and oxygen atoms in total. The number of nitrogens with zero attached hydrogens (tertiary/aromatic N) is 4. The SMILES string of the molecule is C[C@H](C=O)Oc1nc2c(c(N3CCCCC3)n1)CCN(c1cc(O)cc3ccccc13)C2. The van der Waals surface area contributed by atoms with Crippen molar-refractivity contribution in [2.45, 2.75) is 45.3 Å². The number of aromatic hydroxyl groups is 1. The highest BCUT2D eigenvalue weighted by atomic mass is 16.5. The monoisotopic (exact) mass is 432 g/mol. The van der Waals surface area contributed by atoms with E-state index in [0.29, 0.717) is 6.54 Å². The Bertz CT molecular complexity index is 1140. The van der Waals surface area contributed by atoms with E-state index in [1.165, 1.54) is 12.0 Å². The summed E-state index contributed by atoms with van der Waals surface area (Å²) in [6, 6.07) is 12.0. The molecule has 166 valence electrons. The van der Waals surface area contributed by atoms with Crippen molar-refractivity contribution in [3.63, 3.8) is 0 Å². The number of rotatable bonds is 5. The molecule has 0 unspecified atom stereocenters. The Morgan fingerprint density at radius 2 is 1.88 bits per heavy atom. The molecule has 1 N–H and O–H groups in total. The van der Waals surface area contributed by atoms with E-state index in [0.717, 1.165) is 73.2 Å². The molecule has 1 fully saturated rings. The van der Waals surface area contributed by atoms with Crippen molar-refractivity contribution in [1.29, 1.82) is 0 Å². The average molecular weight is 433 g/mol. The summed E-state index contributed by atoms with van der Waals surface area (Å²) in [6.07, 6.45) is 4.52. The first-order chi connectivity index (χ1) is 15.6. The van der Waals surface area contributed by atoms with Crippen molar-refractivity contribution in [3.8, 4) is 11.8 Å². The maximum absolute atomic E-state index is 11.2. The van der Waals surface area contributed by atoms with Crippen molar-refractivity contribution in [2.75, 3.05) is 29.4 Å². The van der Waals surface area contributed by atoms with Crippen LogP contribution in [0.3, 0.4) is 0 Å². The number of phenolic OH excluding ortho intramolecular Hbond substituents is 1. The molecule has 2 aliphatic rings. The van der Waals surface area contributed by atoms with Gasteiger partial charge >= 0.3 is 6.01 Å². The van der Waals surface area contributed by atoms with Crippen LogP contribution in [0.4, 0.5) is 11.5 Å². The third-order valence-electron chi connectivity index (χ3n) is 6.33. The number of phenols is 1. The summed E-state index contributed by atoms with van der Waals surface area (Å²) in [5.41, 5.74) is 3.08. The molecule has 0 amide bonds. The number of ether oxygens (including phenoxy) is 1. The lowest BCUT2D eigenvalue weighted by atomic mass is 10.0. The molecular formula is C25H28N4O3. The molecule has 0 radical (unpaired) electrons. The maximum Gasteiger partial charge on any atom is 0.319 e. The highest BCUT2D eigenvalue weighted by Crippen LogP contribution is 2.36. The van der Waals surface area contributed by atoms with Gasteiger partial charge in [0.2, 0.25) is 0 Å². The van der Waals surface area contributed by atoms with Gasteiger partial charge < -0.3 is 19.6 Å². The molecule has 2 aliphatic heterocycles. The first-order valence-electron chi connectivity index (χ1n) is 11.4. The summed E-state index contributed by atoms with van der Waals surface area (Å²) in [4.78, 5) is 25.2. The minimum atomic E-state index is -0.600. The Kier molecular flexibility index (Phi) is 5.55. The molecule has 1 atom stereocenters. The predicted molar refractivity (Wildman–Crippen MR) is 125 cm³/mol. The number of carbonyl (C=O) groups is 1. The highest BCUT2D eigenvalue weighted by molar-refractivity contribution is 5.95. The van der Waals surface area contributed by atoms with Gasteiger partial charge in [0, 0.05) is 42.3 Å². The standard InChI is InChI=1S/C25H28N4O3/c1-17(16-30)32-25-26-22-15-29(23-14-19(31)13-18-7-3-4-8-20(18)23)12-9-21(22)24(27-25)28-10-5-2-6-11-28/h3-4,7-8,13-14,16-17,31H,2,5-6,9-12,15H2,1H3/t17-/m1/s1. The van der Waals surface area contributed by atoms with Crippen LogP contribution in [0.2, 0.25) is 0 Å². The number of hydrogen-bond donors (Lipinski definition) is 1. The summed E-state index contributed by atoms with van der Waals surface area (Å²) in [5, 5.41) is 12.4. The van der Waals surface area contributed by atoms with Crippen LogP contribution < -0.4 is 14.5 Å². The van der Waals surface area contributed by atoms with Gasteiger partial charge in [0.05, 0.1) is 12.2 Å². The van der Waals surface area contributed by atoms with E-state index in [9.17, 15) is 9.90 Å². The lowest BCUT2D eigenvalue weighted by molar-refractivity contribution is -0.113. The molecule has 0 spiro atoms. The van der Waals surface area contributed by atoms with Crippen LogP contribution in [-0.4, -0.2) is 47.1 Å². The summed E-state index contributed by atoms with van der Waals surface area (Å²) in [5.74, 6) is 1.20. The van der Waals surface area contributed by atoms with Gasteiger partial charge in [-0.15, -0.1) is 0 Å². The van der Waals surface area contributed by atoms with Crippen molar-refractivity contribution in [2.24, 2.45) is 0 Å². The first-order valence-corrected chi connectivity index (χ1v) is 11.4. The van der Waals surface area contributed by atoms with Crippen LogP contribution in [0, 0.1) is 0 Å². The van der Waals surface area contributed by atoms with E-state index in [4.69, 9.17) is 14.7 Å². The second kappa shape index (κ2) is 8.65. The molecule has 1 saturated heterocycles. The topological polar surface area (TPSA) is 78.8 Å². The molecule has 0 bridgehead atoms. The minimum Gasteiger partial charge on any atom is -0.508 e. The molecule has 2 aromatic carbocycles. The second-order valence-corrected chi connectivity index (χ2v) is 8.62. The van der Waals surface area contributed by atoms with Gasteiger partial charge in [-0.05, 0) is 44.1 Å². The van der Waals surface area contributed by atoms with E-state index in [1.807, 2.05) is 24.3 Å². The Morgan fingerprint density at radius 1 is 1.06 bits per heavy atom. The van der Waals surface area contributed by atoms with E-state index >= 15 is 0 Å². The number of aldehydes is 1. The largest absolute Gasteiger partial charge is 0.508 e. The fourth-order valence-corrected chi connectivity index (χ4v) is 4.74. The first kappa shape index (κ1) is 20.5. The zero-order valence-electron chi connectivity index (χ0n) is 18.3. The Hall–Kier alpha value is -3.35. The Balaban J connectivity index is 1.54. The molecule has 3 heterocycles. The van der Waals surface area contributed by atoms with Crippen LogP contribution in [0.5, 0.6) is 11.8 Å². The zero-order chi connectivity index (χ0) is 22.1. The van der Waals surface area contributed by atoms with Gasteiger partial charge in [-0.3, -0.25) is 4.79 Å². The van der Waals surface area contributed by atoms with Gasteiger partial charge in [-0.2, -0.15) is 9.97 Å². The van der Waals surface area contributed by atoms with E-state index in [1.54, 1.807) is 13.0 Å². The quantitative estimate of drug-likeness (QED) is 0.614. The number of carbonyl (C=O) groups excluding carboxylic acids is 1. The van der Waals surface area contributed by atoms with Crippen molar-refractivity contribution >= 4 is 28.6 Å². The highest BCUT2D eigenvalue weighted by Gasteiger charge is 2.27. The molecule has 32 heavy (non-hydrogen) atoms. The fraction of sp³-hybridized carbons (Fsp3) is 0.400. The van der Waals surface area contributed by atoms with Crippen molar-refractivity contribution in [1.82, 2.24) is 9.97 Å². The molecule has 7 heteroatoms. The average Bonchev–Trinajstić information content (AvgIpc) is 2.83. The van der Waals surface area contributed by atoms with E-state index in [-0.39, 0.29) is 11.8 Å². The smallest absolute Gasteiger partial charge is 0.319 e. The number of aromatic nitrogens is 2. The Morgan fingerprint density at radius 3 is 2.69 bits per heavy atom. The van der Waals surface area contributed by atoms with Gasteiger partial charge in [0.25, 0.3) is 0 Å². The molecule has 3 aromatic rings. The van der Waals surface area contributed by atoms with E-state index in [2.05, 4.69) is 15.9 Å². The molecular weight excluding hydrogens is 404 g/mol. The van der Waals surface area contributed by atoms with Crippen LogP contribution in [0.15, 0.2) is 36.4 Å². The number of fused-ring (bicyclic) bond motifs is 2. The number of hydrogen-bond acceptors (Lipinski definition) is 7. The predicted octanol–water partition coefficient (Wildman–Crippen LogP) is 3.85. The fourth-order valence-electron chi connectivity index (χ4n) is 4.74. The summed E-state index contributed by atoms with van der Waals surface area (Å²) < 4.78 is 5.72. The number of anilines is 2. The number of benzene rings is 2. The lowest BCUT2D eigenvalue weighted by Crippen LogP contribution is -2.36. The summed E-state index contributed by atoms with van der Waals surface area (Å²) >= 11 is 0. The van der Waals surface area contributed by atoms with Crippen molar-refractivity contribution < 1.29 is 14.6 Å². The lowest BCUT2D eigenvalue weighted by Gasteiger charge is -2.35. The second-order valence-electron chi connectivity index (χ2n) is 8.62. The minimum absolute atomic E-state index is 0.255. The van der Waals surface area contributed by atoms with Gasteiger partial charge in [0.15, 0.2) is 12.4 Å². The van der Waals surface area contributed by atoms with Crippen LogP contribution in [0.25, 0.3) is 10.8 Å². The van der Waals surface area contributed by atoms with Gasteiger partial charge in [-0.25, -0.2) is 0 Å². The molecule has 5 rings (SSSR count). The Labute approximate surface area is 187 Å². The third-order valence-corrected chi connectivity index (χ3v) is 6.33. The van der Waals surface area contributed by atoms with Gasteiger partial charge in [-0.1, -0.05) is 24.3 Å². The third kappa shape index (κ3) is 3.95. The van der Waals surface area contributed by atoms with Crippen LogP contribution in [-0.2, 0) is 17.8 Å². The van der Waals surface area contributed by atoms with Gasteiger partial charge in [0.1, 0.15) is 11.6 Å². The molecule has 0 saturated carbocycles. The van der Waals surface area contributed by atoms with Crippen molar-refractivity contribution in [3.05, 3.63) is 47.7 Å². The summed E-state index contributed by atoms with van der Waals surface area (Å²) in [6.45, 7) is 5.06. The van der Waals surface area contributed by atoms with Crippen LogP contribution >= 0.6 is 0 Å². The maximum atomic E-state index is 11.2. The summed E-state index contributed by atoms with van der Waals surface area (Å²) in [7, 11) is 0. The molecule has 0 aliphatic carbocycles. The van der Waals surface area contributed by atoms with Crippen LogP contribution in [0.1, 0.15) is 37.4 Å². The zero-order valence-corrected chi connectivity index (χ0v) is 18.3.